The van der Waals surface area contributed by atoms with Gasteiger partial charge in [-0.25, -0.2) is 4.79 Å². The van der Waals surface area contributed by atoms with Crippen molar-refractivity contribution in [1.82, 2.24) is 10.3 Å². The van der Waals surface area contributed by atoms with Crippen molar-refractivity contribution in [3.8, 4) is 17.6 Å². The fraction of sp³-hybridized carbons (Fsp3) is 0.100. The number of nitrogens with zero attached hydrogens (tertiary/aromatic N) is 1. The van der Waals surface area contributed by atoms with E-state index in [9.17, 15) is 4.79 Å². The Morgan fingerprint density at radius 3 is 2.73 bits per heavy atom. The van der Waals surface area contributed by atoms with Crippen LogP contribution < -0.4 is 15.4 Å². The topological polar surface area (TPSA) is 63.2 Å². The van der Waals surface area contributed by atoms with E-state index in [1.807, 2.05) is 30.3 Å². The highest BCUT2D eigenvalue weighted by Crippen LogP contribution is 2.22. The molecule has 2 N–H and O–H groups in total. The van der Waals surface area contributed by atoms with Crippen molar-refractivity contribution in [2.75, 3.05) is 18.5 Å². The van der Waals surface area contributed by atoms with E-state index in [1.165, 1.54) is 0 Å². The smallest absolute Gasteiger partial charge is 0.319 e. The van der Waals surface area contributed by atoms with Gasteiger partial charge in [-0.15, -0.1) is 0 Å². The first-order valence-electron chi connectivity index (χ1n) is 7.95. The molecule has 6 heteroatoms. The zero-order chi connectivity index (χ0) is 18.2. The Labute approximate surface area is 156 Å². The SMILES string of the molecule is O=C(NCC#CCOc1cccc2cccnc12)Nc1ccc(Cl)cc1. The maximum absolute atomic E-state index is 11.7. The summed E-state index contributed by atoms with van der Waals surface area (Å²) >= 11 is 5.79. The van der Waals surface area contributed by atoms with Crippen LogP contribution in [0.2, 0.25) is 5.02 Å². The summed E-state index contributed by atoms with van der Waals surface area (Å²) in [5.74, 6) is 6.39. The molecule has 0 bridgehead atoms. The number of pyridine rings is 1. The van der Waals surface area contributed by atoms with Crippen LogP contribution in [0.4, 0.5) is 10.5 Å². The first-order chi connectivity index (χ1) is 12.7. The average Bonchev–Trinajstić information content (AvgIpc) is 2.66. The fourth-order valence-corrected chi connectivity index (χ4v) is 2.38. The Bertz CT molecular complexity index is 957. The summed E-state index contributed by atoms with van der Waals surface area (Å²) in [5.41, 5.74) is 1.46. The Morgan fingerprint density at radius 1 is 1.08 bits per heavy atom. The Hall–Kier alpha value is -3.23. The van der Waals surface area contributed by atoms with Crippen molar-refractivity contribution < 1.29 is 9.53 Å². The van der Waals surface area contributed by atoms with Gasteiger partial charge in [-0.2, -0.15) is 0 Å². The van der Waals surface area contributed by atoms with E-state index in [1.54, 1.807) is 30.5 Å². The number of carbonyl (C=O) groups is 1. The summed E-state index contributed by atoms with van der Waals surface area (Å²) in [7, 11) is 0. The second-order valence-corrected chi connectivity index (χ2v) is 5.72. The minimum atomic E-state index is -0.333. The molecular weight excluding hydrogens is 350 g/mol. The largest absolute Gasteiger partial charge is 0.479 e. The van der Waals surface area contributed by atoms with Gasteiger partial charge in [0.1, 0.15) is 17.9 Å². The van der Waals surface area contributed by atoms with Crippen LogP contribution in [0, 0.1) is 11.8 Å². The quantitative estimate of drug-likeness (QED) is 0.684. The maximum Gasteiger partial charge on any atom is 0.319 e. The van der Waals surface area contributed by atoms with E-state index < -0.39 is 0 Å². The predicted molar refractivity (Wildman–Crippen MR) is 103 cm³/mol. The van der Waals surface area contributed by atoms with Crippen LogP contribution in [0.3, 0.4) is 0 Å². The van der Waals surface area contributed by atoms with Gasteiger partial charge in [-0.1, -0.05) is 41.6 Å². The van der Waals surface area contributed by atoms with Gasteiger partial charge < -0.3 is 15.4 Å². The van der Waals surface area contributed by atoms with Crippen LogP contribution in [0.1, 0.15) is 0 Å². The van der Waals surface area contributed by atoms with Crippen molar-refractivity contribution in [3.05, 3.63) is 65.8 Å². The maximum atomic E-state index is 11.7. The zero-order valence-corrected chi connectivity index (χ0v) is 14.6. The van der Waals surface area contributed by atoms with Gasteiger partial charge in [0.05, 0.1) is 6.54 Å². The highest BCUT2D eigenvalue weighted by molar-refractivity contribution is 6.30. The molecule has 0 saturated heterocycles. The number of halogens is 1. The highest BCUT2D eigenvalue weighted by Gasteiger charge is 2.01. The monoisotopic (exact) mass is 365 g/mol. The van der Waals surface area contributed by atoms with E-state index in [0.717, 1.165) is 10.9 Å². The molecule has 130 valence electrons. The summed E-state index contributed by atoms with van der Waals surface area (Å²) < 4.78 is 5.66. The molecule has 0 aliphatic carbocycles. The normalized spacial score (nSPS) is 9.88. The average molecular weight is 366 g/mol. The molecule has 0 unspecified atom stereocenters. The van der Waals surface area contributed by atoms with Crippen LogP contribution >= 0.6 is 11.6 Å². The molecule has 0 saturated carbocycles. The lowest BCUT2D eigenvalue weighted by Crippen LogP contribution is -2.28. The fourth-order valence-electron chi connectivity index (χ4n) is 2.25. The second-order valence-electron chi connectivity index (χ2n) is 5.29. The van der Waals surface area contributed by atoms with Crippen molar-refractivity contribution in [1.29, 1.82) is 0 Å². The molecule has 0 aliphatic rings. The number of para-hydroxylation sites is 1. The summed E-state index contributed by atoms with van der Waals surface area (Å²) in [6.45, 7) is 0.437. The molecule has 0 spiro atoms. The molecule has 1 aromatic heterocycles. The molecule has 0 aliphatic heterocycles. The zero-order valence-electron chi connectivity index (χ0n) is 13.8. The Balaban J connectivity index is 1.44. The molecule has 0 radical (unpaired) electrons. The van der Waals surface area contributed by atoms with Crippen molar-refractivity contribution in [3.63, 3.8) is 0 Å². The molecule has 2 aromatic carbocycles. The van der Waals surface area contributed by atoms with E-state index >= 15 is 0 Å². The number of hydrogen-bond acceptors (Lipinski definition) is 3. The predicted octanol–water partition coefficient (Wildman–Crippen LogP) is 4.09. The van der Waals surface area contributed by atoms with E-state index in [4.69, 9.17) is 16.3 Å². The third-order valence-electron chi connectivity index (χ3n) is 3.46. The number of urea groups is 1. The van der Waals surface area contributed by atoms with E-state index in [2.05, 4.69) is 27.5 Å². The number of hydrogen-bond donors (Lipinski definition) is 2. The van der Waals surface area contributed by atoms with Crippen molar-refractivity contribution >= 4 is 34.2 Å². The van der Waals surface area contributed by atoms with Crippen LogP contribution in [0.5, 0.6) is 5.75 Å². The number of carbonyl (C=O) groups excluding carboxylic acids is 1. The van der Waals surface area contributed by atoms with Gasteiger partial charge in [-0.05, 0) is 36.4 Å². The summed E-state index contributed by atoms with van der Waals surface area (Å²) in [4.78, 5) is 16.1. The number of benzene rings is 2. The third kappa shape index (κ3) is 4.88. The third-order valence-corrected chi connectivity index (χ3v) is 3.71. The number of fused-ring (bicyclic) bond motifs is 1. The number of ether oxygens (including phenoxy) is 1. The molecule has 3 rings (SSSR count). The molecule has 1 heterocycles. The summed E-state index contributed by atoms with van der Waals surface area (Å²) in [6, 6.07) is 16.1. The van der Waals surface area contributed by atoms with E-state index in [0.29, 0.717) is 16.5 Å². The first kappa shape index (κ1) is 17.6. The summed E-state index contributed by atoms with van der Waals surface area (Å²) in [5, 5.41) is 6.97. The van der Waals surface area contributed by atoms with Crippen molar-refractivity contribution in [2.45, 2.75) is 0 Å². The number of aromatic nitrogens is 1. The number of amides is 2. The lowest BCUT2D eigenvalue weighted by atomic mass is 10.2. The van der Waals surface area contributed by atoms with Crippen LogP contribution in [-0.4, -0.2) is 24.2 Å². The van der Waals surface area contributed by atoms with Gasteiger partial charge in [0.15, 0.2) is 0 Å². The van der Waals surface area contributed by atoms with Gasteiger partial charge >= 0.3 is 6.03 Å². The molecule has 26 heavy (non-hydrogen) atoms. The molecule has 5 nitrogen and oxygen atoms in total. The Morgan fingerprint density at radius 2 is 1.88 bits per heavy atom. The minimum Gasteiger partial charge on any atom is -0.479 e. The van der Waals surface area contributed by atoms with Crippen LogP contribution in [-0.2, 0) is 0 Å². The molecular formula is C20H16ClN3O2. The lowest BCUT2D eigenvalue weighted by Gasteiger charge is -2.05. The number of anilines is 1. The molecule has 3 aromatic rings. The standard InChI is InChI=1S/C20H16ClN3O2/c21-16-8-10-17(11-9-16)24-20(25)23-12-1-2-14-26-18-7-3-5-15-6-4-13-22-19(15)18/h3-11,13H,12,14H2,(H2,23,24,25). The van der Waals surface area contributed by atoms with E-state index in [-0.39, 0.29) is 19.2 Å². The number of nitrogens with one attached hydrogen (secondary N) is 2. The second kappa shape index (κ2) is 8.75. The van der Waals surface area contributed by atoms with Crippen molar-refractivity contribution in [2.24, 2.45) is 0 Å². The van der Waals surface area contributed by atoms with Gasteiger partial charge in [0.25, 0.3) is 0 Å². The van der Waals surface area contributed by atoms with Crippen LogP contribution in [0.15, 0.2) is 60.8 Å². The van der Waals surface area contributed by atoms with Gasteiger partial charge in [0, 0.05) is 22.3 Å². The molecule has 0 atom stereocenters. The molecule has 2 amide bonds. The first-order valence-corrected chi connectivity index (χ1v) is 8.33. The Kier molecular flexibility index (Phi) is 5.92. The molecule has 0 fully saturated rings. The van der Waals surface area contributed by atoms with Gasteiger partial charge in [0.2, 0.25) is 0 Å². The lowest BCUT2D eigenvalue weighted by molar-refractivity contribution is 0.253. The summed E-state index contributed by atoms with van der Waals surface area (Å²) in [6.07, 6.45) is 1.73. The highest BCUT2D eigenvalue weighted by atomic mass is 35.5. The van der Waals surface area contributed by atoms with Crippen LogP contribution in [0.25, 0.3) is 10.9 Å². The minimum absolute atomic E-state index is 0.218. The number of rotatable bonds is 4. The van der Waals surface area contributed by atoms with Gasteiger partial charge in [-0.3, -0.25) is 4.98 Å².